The standard InChI is InChI=1S/C13H20N2O5S2/c1-9-12(6-11(21-9)13(16)17)22(18,19)15(3)8-10-7-14(2)4-5-20-10/h6,10H,4-5,7-8H2,1-3H3,(H,16,17). The first-order chi connectivity index (χ1) is 10.2. The molecule has 0 amide bonds. The molecule has 1 aliphatic rings. The van der Waals surface area contributed by atoms with Crippen molar-refractivity contribution >= 4 is 27.3 Å². The van der Waals surface area contributed by atoms with E-state index < -0.39 is 16.0 Å². The van der Waals surface area contributed by atoms with E-state index in [0.717, 1.165) is 17.9 Å². The zero-order chi connectivity index (χ0) is 16.5. The van der Waals surface area contributed by atoms with Crippen LogP contribution in [0.3, 0.4) is 0 Å². The Kier molecular flexibility index (Phi) is 5.23. The molecule has 1 aromatic heterocycles. The molecule has 0 aliphatic carbocycles. The lowest BCUT2D eigenvalue weighted by molar-refractivity contribution is -0.0247. The number of sulfonamides is 1. The Balaban J connectivity index is 2.17. The van der Waals surface area contributed by atoms with Crippen LogP contribution < -0.4 is 0 Å². The van der Waals surface area contributed by atoms with Gasteiger partial charge in [-0.05, 0) is 20.0 Å². The first-order valence-corrected chi connectivity index (χ1v) is 9.07. The minimum atomic E-state index is -3.72. The minimum absolute atomic E-state index is 0.0260. The number of thiophene rings is 1. The molecular formula is C13H20N2O5S2. The Hall–Kier alpha value is -1.00. The molecule has 124 valence electrons. The lowest BCUT2D eigenvalue weighted by Crippen LogP contribution is -2.46. The number of ether oxygens (including phenoxy) is 1. The summed E-state index contributed by atoms with van der Waals surface area (Å²) in [6.07, 6.45) is -0.184. The molecule has 22 heavy (non-hydrogen) atoms. The van der Waals surface area contributed by atoms with Crippen LogP contribution in [0.1, 0.15) is 14.5 Å². The first-order valence-electron chi connectivity index (χ1n) is 6.82. The number of hydrogen-bond acceptors (Lipinski definition) is 6. The molecule has 0 aromatic carbocycles. The number of carboxylic acid groups (broad SMARTS) is 1. The quantitative estimate of drug-likeness (QED) is 0.843. The summed E-state index contributed by atoms with van der Waals surface area (Å²) in [6, 6.07) is 1.22. The number of nitrogens with zero attached hydrogens (tertiary/aromatic N) is 2. The zero-order valence-corrected chi connectivity index (χ0v) is 14.4. The van der Waals surface area contributed by atoms with Gasteiger partial charge in [0.15, 0.2) is 0 Å². The number of aryl methyl sites for hydroxylation is 1. The van der Waals surface area contributed by atoms with Crippen LogP contribution in [0.5, 0.6) is 0 Å². The van der Waals surface area contributed by atoms with E-state index in [-0.39, 0.29) is 22.4 Å². The summed E-state index contributed by atoms with van der Waals surface area (Å²) in [6.45, 7) is 3.93. The number of morpholine rings is 1. The lowest BCUT2D eigenvalue weighted by Gasteiger charge is -2.32. The molecule has 2 heterocycles. The second-order valence-corrected chi connectivity index (χ2v) is 8.65. The number of rotatable bonds is 5. The van der Waals surface area contributed by atoms with Crippen LogP contribution in [0.4, 0.5) is 0 Å². The highest BCUT2D eigenvalue weighted by Gasteiger charge is 2.29. The molecule has 1 aliphatic heterocycles. The largest absolute Gasteiger partial charge is 0.477 e. The first kappa shape index (κ1) is 17.4. The zero-order valence-electron chi connectivity index (χ0n) is 12.8. The SMILES string of the molecule is Cc1sc(C(=O)O)cc1S(=O)(=O)N(C)CC1CN(C)CCO1. The third-order valence-corrected chi connectivity index (χ3v) is 6.69. The van der Waals surface area contributed by atoms with Gasteiger partial charge in [0.05, 0.1) is 17.6 Å². The van der Waals surface area contributed by atoms with Crippen molar-refractivity contribution in [1.29, 1.82) is 0 Å². The fourth-order valence-corrected chi connectivity index (χ4v) is 4.95. The minimum Gasteiger partial charge on any atom is -0.477 e. The Morgan fingerprint density at radius 3 is 2.82 bits per heavy atom. The molecule has 0 spiro atoms. The van der Waals surface area contributed by atoms with Crippen LogP contribution in [0.15, 0.2) is 11.0 Å². The van der Waals surface area contributed by atoms with Crippen LogP contribution in [0.2, 0.25) is 0 Å². The van der Waals surface area contributed by atoms with Crippen molar-refractivity contribution in [2.45, 2.75) is 17.9 Å². The Labute approximate surface area is 134 Å². The summed E-state index contributed by atoms with van der Waals surface area (Å²) in [7, 11) is -0.262. The average molecular weight is 348 g/mol. The van der Waals surface area contributed by atoms with Gasteiger partial charge in [-0.3, -0.25) is 0 Å². The Bertz CT molecular complexity index is 655. The summed E-state index contributed by atoms with van der Waals surface area (Å²) < 4.78 is 32.0. The van der Waals surface area contributed by atoms with Crippen molar-refractivity contribution in [3.05, 3.63) is 15.8 Å². The van der Waals surface area contributed by atoms with Gasteiger partial charge in [-0.1, -0.05) is 0 Å². The second-order valence-electron chi connectivity index (χ2n) is 5.38. The molecule has 2 rings (SSSR count). The molecule has 1 atom stereocenters. The van der Waals surface area contributed by atoms with Crippen LogP contribution in [0, 0.1) is 6.92 Å². The molecule has 1 N–H and O–H groups in total. The molecule has 1 saturated heterocycles. The molecule has 7 nitrogen and oxygen atoms in total. The summed E-state index contributed by atoms with van der Waals surface area (Å²) in [5.41, 5.74) is 0. The van der Waals surface area contributed by atoms with Gasteiger partial charge >= 0.3 is 5.97 Å². The third kappa shape index (κ3) is 3.66. The normalized spacial score (nSPS) is 20.5. The van der Waals surface area contributed by atoms with Gasteiger partial charge in [-0.25, -0.2) is 13.2 Å². The molecule has 0 radical (unpaired) electrons. The maximum atomic E-state index is 12.6. The summed E-state index contributed by atoms with van der Waals surface area (Å²) in [5, 5.41) is 8.99. The molecule has 1 unspecified atom stereocenters. The van der Waals surface area contributed by atoms with Crippen LogP contribution in [-0.4, -0.2) is 75.1 Å². The van der Waals surface area contributed by atoms with E-state index in [1.54, 1.807) is 6.92 Å². The number of aromatic carboxylic acids is 1. The van der Waals surface area contributed by atoms with Gasteiger partial charge in [0.25, 0.3) is 0 Å². The van der Waals surface area contributed by atoms with E-state index in [9.17, 15) is 13.2 Å². The Morgan fingerprint density at radius 2 is 2.27 bits per heavy atom. The van der Waals surface area contributed by atoms with E-state index >= 15 is 0 Å². The molecule has 0 saturated carbocycles. The highest BCUT2D eigenvalue weighted by atomic mass is 32.2. The van der Waals surface area contributed by atoms with E-state index in [1.807, 2.05) is 7.05 Å². The highest BCUT2D eigenvalue weighted by molar-refractivity contribution is 7.89. The van der Waals surface area contributed by atoms with Crippen molar-refractivity contribution in [3.63, 3.8) is 0 Å². The average Bonchev–Trinajstić information content (AvgIpc) is 2.81. The second kappa shape index (κ2) is 6.63. The smallest absolute Gasteiger partial charge is 0.345 e. The van der Waals surface area contributed by atoms with Crippen LogP contribution in [-0.2, 0) is 14.8 Å². The number of hydrogen-bond donors (Lipinski definition) is 1. The fourth-order valence-electron chi connectivity index (χ4n) is 2.36. The fraction of sp³-hybridized carbons (Fsp3) is 0.615. The van der Waals surface area contributed by atoms with E-state index in [0.29, 0.717) is 18.0 Å². The topological polar surface area (TPSA) is 87.1 Å². The molecule has 9 heteroatoms. The number of carbonyl (C=O) groups is 1. The van der Waals surface area contributed by atoms with Crippen LogP contribution >= 0.6 is 11.3 Å². The van der Waals surface area contributed by atoms with Gasteiger partial charge in [0.2, 0.25) is 10.0 Å². The number of likely N-dealkylation sites (N-methyl/N-ethyl adjacent to an activating group) is 2. The number of carboxylic acids is 1. The van der Waals surface area contributed by atoms with E-state index in [4.69, 9.17) is 9.84 Å². The summed E-state index contributed by atoms with van der Waals surface area (Å²) in [5.74, 6) is -1.12. The van der Waals surface area contributed by atoms with Crippen LogP contribution in [0.25, 0.3) is 0 Å². The van der Waals surface area contributed by atoms with E-state index in [2.05, 4.69) is 4.90 Å². The monoisotopic (exact) mass is 348 g/mol. The third-order valence-electron chi connectivity index (χ3n) is 3.57. The maximum absolute atomic E-state index is 12.6. The van der Waals surface area contributed by atoms with Gasteiger partial charge in [0.1, 0.15) is 4.88 Å². The van der Waals surface area contributed by atoms with Crippen molar-refractivity contribution in [2.24, 2.45) is 0 Å². The molecule has 1 aromatic rings. The van der Waals surface area contributed by atoms with Crippen molar-refractivity contribution < 1.29 is 23.1 Å². The molecule has 0 bridgehead atoms. The highest BCUT2D eigenvalue weighted by Crippen LogP contribution is 2.28. The molecular weight excluding hydrogens is 328 g/mol. The molecule has 1 fully saturated rings. The van der Waals surface area contributed by atoms with Gasteiger partial charge in [-0.2, -0.15) is 4.31 Å². The predicted octanol–water partition coefficient (Wildman–Crippen LogP) is 0.706. The lowest BCUT2D eigenvalue weighted by atomic mass is 10.3. The predicted molar refractivity (Wildman–Crippen MR) is 83.1 cm³/mol. The van der Waals surface area contributed by atoms with Gasteiger partial charge in [-0.15, -0.1) is 11.3 Å². The van der Waals surface area contributed by atoms with Crippen molar-refractivity contribution in [1.82, 2.24) is 9.21 Å². The summed E-state index contributed by atoms with van der Waals surface area (Å²) >= 11 is 0.968. The Morgan fingerprint density at radius 1 is 1.59 bits per heavy atom. The van der Waals surface area contributed by atoms with Crippen molar-refractivity contribution in [3.8, 4) is 0 Å². The summed E-state index contributed by atoms with van der Waals surface area (Å²) in [4.78, 5) is 13.6. The van der Waals surface area contributed by atoms with Gasteiger partial charge in [0, 0.05) is 31.6 Å². The van der Waals surface area contributed by atoms with Gasteiger partial charge < -0.3 is 14.7 Å². The van der Waals surface area contributed by atoms with E-state index in [1.165, 1.54) is 17.4 Å². The maximum Gasteiger partial charge on any atom is 0.345 e. The van der Waals surface area contributed by atoms with Crippen molar-refractivity contribution in [2.75, 3.05) is 40.3 Å².